The summed E-state index contributed by atoms with van der Waals surface area (Å²) in [7, 11) is 1.60. The molecule has 3 nitrogen and oxygen atoms in total. The maximum atomic E-state index is 12.3. The first kappa shape index (κ1) is 9.96. The molecule has 15 heavy (non-hydrogen) atoms. The van der Waals surface area contributed by atoms with Gasteiger partial charge in [-0.2, -0.15) is 0 Å². The second-order valence-corrected chi connectivity index (χ2v) is 3.32. The van der Waals surface area contributed by atoms with Gasteiger partial charge in [-0.05, 0) is 12.1 Å². The van der Waals surface area contributed by atoms with Crippen molar-refractivity contribution < 1.29 is 14.0 Å². The molecule has 0 amide bonds. The minimum absolute atomic E-state index is 0.440. The van der Waals surface area contributed by atoms with E-state index in [1.165, 1.54) is 0 Å². The third-order valence-electron chi connectivity index (χ3n) is 2.32. The monoisotopic (exact) mass is 209 g/mol. The first-order chi connectivity index (χ1) is 7.35. The number of benzene rings is 1. The summed E-state index contributed by atoms with van der Waals surface area (Å²) in [5.41, 5.74) is 1.62. The molecule has 0 spiro atoms. The van der Waals surface area contributed by atoms with Crippen LogP contribution in [0.5, 0.6) is 5.75 Å². The Kier molecular flexibility index (Phi) is 2.85. The predicted molar refractivity (Wildman–Crippen MR) is 55.0 cm³/mol. The number of hydrogen-bond acceptors (Lipinski definition) is 3. The predicted octanol–water partition coefficient (Wildman–Crippen LogP) is 2.16. The molecule has 0 saturated heterocycles. The highest BCUT2D eigenvalue weighted by Crippen LogP contribution is 2.24. The maximum absolute atomic E-state index is 12.3. The number of nitrogens with zero attached hydrogens (tertiary/aromatic N) is 1. The molecule has 1 atom stereocenters. The molecule has 1 heterocycles. The minimum Gasteiger partial charge on any atom is -0.496 e. The molecule has 1 aromatic carbocycles. The first-order valence-corrected chi connectivity index (χ1v) is 4.77. The van der Waals surface area contributed by atoms with Crippen LogP contribution in [0.3, 0.4) is 0 Å². The Morgan fingerprint density at radius 1 is 1.53 bits per heavy atom. The third-order valence-corrected chi connectivity index (χ3v) is 2.32. The summed E-state index contributed by atoms with van der Waals surface area (Å²) >= 11 is 0. The summed E-state index contributed by atoms with van der Waals surface area (Å²) in [5.74, 6) is 0.736. The van der Waals surface area contributed by atoms with E-state index < -0.39 is 12.8 Å². The van der Waals surface area contributed by atoms with Crippen LogP contribution in [0, 0.1) is 0 Å². The lowest BCUT2D eigenvalue weighted by molar-refractivity contribution is 0.0656. The average Bonchev–Trinajstić information content (AvgIpc) is 2.77. The fraction of sp³-hybridized carbons (Fsp3) is 0.364. The first-order valence-electron chi connectivity index (χ1n) is 4.77. The van der Waals surface area contributed by atoms with Gasteiger partial charge in [-0.3, -0.25) is 0 Å². The van der Waals surface area contributed by atoms with Crippen LogP contribution in [0.4, 0.5) is 4.39 Å². The molecule has 0 aliphatic carbocycles. The Morgan fingerprint density at radius 2 is 2.33 bits per heavy atom. The third kappa shape index (κ3) is 1.93. The number of methoxy groups -OCH3 is 1. The number of hydrogen-bond donors (Lipinski definition) is 0. The fourth-order valence-corrected chi connectivity index (χ4v) is 1.55. The van der Waals surface area contributed by atoms with E-state index in [4.69, 9.17) is 9.57 Å². The van der Waals surface area contributed by atoms with Crippen LogP contribution in [0.15, 0.2) is 29.4 Å². The molecule has 4 heteroatoms. The minimum atomic E-state index is -0.512. The van der Waals surface area contributed by atoms with Crippen LogP contribution in [-0.2, 0) is 4.84 Å². The SMILES string of the molecule is COc1ccccc1C1=NOC(CF)C1. The summed E-state index contributed by atoms with van der Waals surface area (Å²) < 4.78 is 17.5. The van der Waals surface area contributed by atoms with E-state index in [0.29, 0.717) is 6.42 Å². The number of rotatable bonds is 3. The second kappa shape index (κ2) is 4.29. The molecule has 1 aromatic rings. The largest absolute Gasteiger partial charge is 0.496 e. The fourth-order valence-electron chi connectivity index (χ4n) is 1.55. The summed E-state index contributed by atoms with van der Waals surface area (Å²) in [5, 5.41) is 3.86. The highest BCUT2D eigenvalue weighted by atomic mass is 19.1. The van der Waals surface area contributed by atoms with Crippen LogP contribution in [-0.4, -0.2) is 25.6 Å². The summed E-state index contributed by atoms with van der Waals surface area (Å²) in [6.45, 7) is -0.512. The zero-order chi connectivity index (χ0) is 10.7. The quantitative estimate of drug-likeness (QED) is 0.763. The van der Waals surface area contributed by atoms with E-state index in [1.807, 2.05) is 24.3 Å². The van der Waals surface area contributed by atoms with Gasteiger partial charge in [0.1, 0.15) is 12.4 Å². The van der Waals surface area contributed by atoms with Gasteiger partial charge in [-0.15, -0.1) is 0 Å². The van der Waals surface area contributed by atoms with Crippen molar-refractivity contribution in [1.29, 1.82) is 0 Å². The Hall–Kier alpha value is -1.58. The van der Waals surface area contributed by atoms with Gasteiger partial charge in [0.15, 0.2) is 6.10 Å². The Bertz CT molecular complexity index is 379. The van der Waals surface area contributed by atoms with Crippen LogP contribution in [0.1, 0.15) is 12.0 Å². The number of oxime groups is 1. The molecular weight excluding hydrogens is 197 g/mol. The molecule has 80 valence electrons. The molecule has 0 radical (unpaired) electrons. The zero-order valence-corrected chi connectivity index (χ0v) is 8.44. The summed E-state index contributed by atoms with van der Waals surface area (Å²) in [6.07, 6.45) is 0.0570. The molecular formula is C11H12FNO2. The highest BCUT2D eigenvalue weighted by molar-refractivity contribution is 6.03. The van der Waals surface area contributed by atoms with Gasteiger partial charge in [-0.25, -0.2) is 4.39 Å². The topological polar surface area (TPSA) is 30.8 Å². The lowest BCUT2D eigenvalue weighted by Gasteiger charge is -2.06. The lowest BCUT2D eigenvalue weighted by Crippen LogP contribution is -2.10. The molecule has 0 aromatic heterocycles. The summed E-state index contributed by atoms with van der Waals surface area (Å²) in [4.78, 5) is 4.93. The van der Waals surface area contributed by atoms with Crippen LogP contribution >= 0.6 is 0 Å². The Morgan fingerprint density at radius 3 is 3.00 bits per heavy atom. The van der Waals surface area contributed by atoms with Gasteiger partial charge in [0, 0.05) is 12.0 Å². The van der Waals surface area contributed by atoms with Crippen molar-refractivity contribution in [2.24, 2.45) is 5.16 Å². The van der Waals surface area contributed by atoms with Crippen LogP contribution in [0.2, 0.25) is 0 Å². The van der Waals surface area contributed by atoms with E-state index in [9.17, 15) is 4.39 Å². The van der Waals surface area contributed by atoms with Gasteiger partial charge >= 0.3 is 0 Å². The van der Waals surface area contributed by atoms with Crippen molar-refractivity contribution in [2.45, 2.75) is 12.5 Å². The molecule has 0 fully saturated rings. The van der Waals surface area contributed by atoms with Gasteiger partial charge in [-0.1, -0.05) is 17.3 Å². The lowest BCUT2D eigenvalue weighted by atomic mass is 10.0. The second-order valence-electron chi connectivity index (χ2n) is 3.32. The van der Waals surface area contributed by atoms with Crippen molar-refractivity contribution in [3.05, 3.63) is 29.8 Å². The molecule has 0 N–H and O–H groups in total. The standard InChI is InChI=1S/C11H12FNO2/c1-14-11-5-3-2-4-9(11)10-6-8(7-12)15-13-10/h2-5,8H,6-7H2,1H3. The van der Waals surface area contributed by atoms with Crippen molar-refractivity contribution in [3.63, 3.8) is 0 Å². The maximum Gasteiger partial charge on any atom is 0.161 e. The molecule has 2 rings (SSSR count). The van der Waals surface area contributed by atoms with Gasteiger partial charge < -0.3 is 9.57 Å². The van der Waals surface area contributed by atoms with Crippen LogP contribution in [0.25, 0.3) is 0 Å². The average molecular weight is 209 g/mol. The Balaban J connectivity index is 2.23. The van der Waals surface area contributed by atoms with E-state index in [-0.39, 0.29) is 0 Å². The van der Waals surface area contributed by atoms with E-state index in [0.717, 1.165) is 17.0 Å². The van der Waals surface area contributed by atoms with E-state index in [2.05, 4.69) is 5.16 Å². The number of halogens is 1. The van der Waals surface area contributed by atoms with Crippen molar-refractivity contribution in [2.75, 3.05) is 13.8 Å². The van der Waals surface area contributed by atoms with Crippen molar-refractivity contribution in [1.82, 2.24) is 0 Å². The summed E-state index contributed by atoms with van der Waals surface area (Å²) in [6, 6.07) is 7.51. The van der Waals surface area contributed by atoms with E-state index in [1.54, 1.807) is 7.11 Å². The number of ether oxygens (including phenoxy) is 1. The molecule has 0 bridgehead atoms. The van der Waals surface area contributed by atoms with Crippen LogP contribution < -0.4 is 4.74 Å². The molecule has 0 saturated carbocycles. The smallest absolute Gasteiger partial charge is 0.161 e. The molecule has 1 aliphatic heterocycles. The number of para-hydroxylation sites is 1. The van der Waals surface area contributed by atoms with Gasteiger partial charge in [0.05, 0.1) is 12.8 Å². The zero-order valence-electron chi connectivity index (χ0n) is 8.44. The normalized spacial score (nSPS) is 19.6. The number of alkyl halides is 1. The molecule has 1 unspecified atom stereocenters. The Labute approximate surface area is 87.5 Å². The van der Waals surface area contributed by atoms with Crippen molar-refractivity contribution in [3.8, 4) is 5.75 Å². The van der Waals surface area contributed by atoms with Crippen molar-refractivity contribution >= 4 is 5.71 Å². The highest BCUT2D eigenvalue weighted by Gasteiger charge is 2.23. The van der Waals surface area contributed by atoms with Gasteiger partial charge in [0.25, 0.3) is 0 Å². The molecule has 1 aliphatic rings. The van der Waals surface area contributed by atoms with E-state index >= 15 is 0 Å². The van der Waals surface area contributed by atoms with Gasteiger partial charge in [0.2, 0.25) is 0 Å².